The summed E-state index contributed by atoms with van der Waals surface area (Å²) in [5.41, 5.74) is 1.67. The second kappa shape index (κ2) is 9.57. The van der Waals surface area contributed by atoms with Gasteiger partial charge in [-0.05, 0) is 43.5 Å². The molecule has 2 rings (SSSR count). The molecule has 0 aliphatic carbocycles. The van der Waals surface area contributed by atoms with E-state index in [9.17, 15) is 4.79 Å². The molecule has 0 atom stereocenters. The van der Waals surface area contributed by atoms with Gasteiger partial charge in [-0.25, -0.2) is 0 Å². The Hall–Kier alpha value is -2.69. The summed E-state index contributed by atoms with van der Waals surface area (Å²) in [5.74, 6) is 1.95. The third-order valence-corrected chi connectivity index (χ3v) is 3.79. The highest BCUT2D eigenvalue weighted by Crippen LogP contribution is 2.22. The molecule has 0 saturated heterocycles. The maximum atomic E-state index is 12.3. The summed E-state index contributed by atoms with van der Waals surface area (Å²) < 4.78 is 16.0. The summed E-state index contributed by atoms with van der Waals surface area (Å²) in [6.45, 7) is 3.20. The summed E-state index contributed by atoms with van der Waals surface area (Å²) in [7, 11) is 3.12. The Morgan fingerprint density at radius 3 is 2.36 bits per heavy atom. The van der Waals surface area contributed by atoms with Gasteiger partial charge in [0.25, 0.3) is 5.91 Å². The van der Waals surface area contributed by atoms with E-state index in [1.165, 1.54) is 0 Å². The van der Waals surface area contributed by atoms with Crippen LogP contribution in [0.1, 0.15) is 29.3 Å². The van der Waals surface area contributed by atoms with Crippen LogP contribution in [0.4, 0.5) is 0 Å². The van der Waals surface area contributed by atoms with E-state index in [2.05, 4.69) is 11.4 Å². The van der Waals surface area contributed by atoms with Gasteiger partial charge < -0.3 is 19.5 Å². The maximum absolute atomic E-state index is 12.3. The van der Waals surface area contributed by atoms with E-state index in [4.69, 9.17) is 14.2 Å². The van der Waals surface area contributed by atoms with Gasteiger partial charge >= 0.3 is 0 Å². The van der Waals surface area contributed by atoms with E-state index in [0.717, 1.165) is 24.2 Å². The molecule has 0 heterocycles. The molecule has 0 saturated carbocycles. The van der Waals surface area contributed by atoms with Crippen molar-refractivity contribution < 1.29 is 19.0 Å². The standard InChI is InChI=1S/C20H25NO4/c1-4-25-19-10-6-5-8-15(19)9-7-11-21-20(22)16-12-17(23-2)14-18(13-16)24-3/h5-6,8,10,12-14H,4,7,9,11H2,1-3H3,(H,21,22). The van der Waals surface area contributed by atoms with Crippen molar-refractivity contribution in [2.45, 2.75) is 19.8 Å². The van der Waals surface area contributed by atoms with Gasteiger partial charge in [0.1, 0.15) is 17.2 Å². The number of aryl methyl sites for hydroxylation is 1. The zero-order valence-corrected chi connectivity index (χ0v) is 15.0. The molecule has 0 bridgehead atoms. The second-order valence-electron chi connectivity index (χ2n) is 5.50. The number of rotatable bonds is 9. The number of para-hydroxylation sites is 1. The third-order valence-electron chi connectivity index (χ3n) is 3.79. The van der Waals surface area contributed by atoms with Gasteiger partial charge in [0.15, 0.2) is 0 Å². The van der Waals surface area contributed by atoms with Crippen molar-refractivity contribution in [2.24, 2.45) is 0 Å². The molecule has 1 N–H and O–H groups in total. The number of ether oxygens (including phenoxy) is 3. The van der Waals surface area contributed by atoms with Gasteiger partial charge in [-0.15, -0.1) is 0 Å². The first-order chi connectivity index (χ1) is 12.2. The molecular formula is C20H25NO4. The molecule has 1 amide bonds. The summed E-state index contributed by atoms with van der Waals surface area (Å²) in [4.78, 5) is 12.3. The van der Waals surface area contributed by atoms with Crippen LogP contribution in [0.5, 0.6) is 17.2 Å². The lowest BCUT2D eigenvalue weighted by atomic mass is 10.1. The number of methoxy groups -OCH3 is 2. The fourth-order valence-electron chi connectivity index (χ4n) is 2.53. The molecule has 2 aromatic carbocycles. The maximum Gasteiger partial charge on any atom is 0.251 e. The fraction of sp³-hybridized carbons (Fsp3) is 0.350. The number of carbonyl (C=O) groups is 1. The van der Waals surface area contributed by atoms with Gasteiger partial charge in [0.05, 0.1) is 20.8 Å². The lowest BCUT2D eigenvalue weighted by Gasteiger charge is -2.11. The molecule has 5 nitrogen and oxygen atoms in total. The van der Waals surface area contributed by atoms with Crippen molar-refractivity contribution in [3.63, 3.8) is 0 Å². The van der Waals surface area contributed by atoms with E-state index >= 15 is 0 Å². The zero-order chi connectivity index (χ0) is 18.1. The van der Waals surface area contributed by atoms with Crippen LogP contribution in [0.2, 0.25) is 0 Å². The quantitative estimate of drug-likeness (QED) is 0.709. The van der Waals surface area contributed by atoms with Crippen molar-refractivity contribution >= 4 is 5.91 Å². The first-order valence-electron chi connectivity index (χ1n) is 8.40. The lowest BCUT2D eigenvalue weighted by Crippen LogP contribution is -2.24. The SMILES string of the molecule is CCOc1ccccc1CCCNC(=O)c1cc(OC)cc(OC)c1. The Morgan fingerprint density at radius 1 is 1.04 bits per heavy atom. The summed E-state index contributed by atoms with van der Waals surface area (Å²) >= 11 is 0. The minimum absolute atomic E-state index is 0.143. The van der Waals surface area contributed by atoms with Gasteiger partial charge in [-0.1, -0.05) is 18.2 Å². The van der Waals surface area contributed by atoms with Crippen molar-refractivity contribution in [1.29, 1.82) is 0 Å². The molecule has 5 heteroatoms. The Balaban J connectivity index is 1.89. The fourth-order valence-corrected chi connectivity index (χ4v) is 2.53. The molecule has 0 spiro atoms. The second-order valence-corrected chi connectivity index (χ2v) is 5.50. The smallest absolute Gasteiger partial charge is 0.251 e. The monoisotopic (exact) mass is 343 g/mol. The van der Waals surface area contributed by atoms with Crippen molar-refractivity contribution in [3.05, 3.63) is 53.6 Å². The van der Waals surface area contributed by atoms with E-state index in [0.29, 0.717) is 30.2 Å². The number of hydrogen-bond acceptors (Lipinski definition) is 4. The molecule has 0 unspecified atom stereocenters. The van der Waals surface area contributed by atoms with Crippen molar-refractivity contribution in [3.8, 4) is 17.2 Å². The number of carbonyl (C=O) groups excluding carboxylic acids is 1. The minimum Gasteiger partial charge on any atom is -0.497 e. The zero-order valence-electron chi connectivity index (χ0n) is 15.0. The molecule has 134 valence electrons. The molecule has 0 fully saturated rings. The van der Waals surface area contributed by atoms with E-state index < -0.39 is 0 Å². The average Bonchev–Trinajstić information content (AvgIpc) is 2.65. The number of hydrogen-bond donors (Lipinski definition) is 1. The molecule has 0 radical (unpaired) electrons. The summed E-state index contributed by atoms with van der Waals surface area (Å²) in [5, 5.41) is 2.93. The van der Waals surface area contributed by atoms with Crippen LogP contribution in [-0.2, 0) is 6.42 Å². The van der Waals surface area contributed by atoms with Crippen LogP contribution in [0, 0.1) is 0 Å². The summed E-state index contributed by atoms with van der Waals surface area (Å²) in [6, 6.07) is 13.1. The Morgan fingerprint density at radius 2 is 1.72 bits per heavy atom. The van der Waals surface area contributed by atoms with E-state index in [1.54, 1.807) is 32.4 Å². The number of amides is 1. The topological polar surface area (TPSA) is 56.8 Å². The van der Waals surface area contributed by atoms with Gasteiger partial charge in [-0.2, -0.15) is 0 Å². The van der Waals surface area contributed by atoms with Gasteiger partial charge in [-0.3, -0.25) is 4.79 Å². The lowest BCUT2D eigenvalue weighted by molar-refractivity contribution is 0.0952. The van der Waals surface area contributed by atoms with Crippen LogP contribution in [0.25, 0.3) is 0 Å². The first-order valence-corrected chi connectivity index (χ1v) is 8.40. The average molecular weight is 343 g/mol. The summed E-state index contributed by atoms with van der Waals surface area (Å²) in [6.07, 6.45) is 1.68. The van der Waals surface area contributed by atoms with Crippen LogP contribution >= 0.6 is 0 Å². The normalized spacial score (nSPS) is 10.2. The molecule has 25 heavy (non-hydrogen) atoms. The van der Waals surface area contributed by atoms with Gasteiger partial charge in [0.2, 0.25) is 0 Å². The Kier molecular flexibility index (Phi) is 7.14. The van der Waals surface area contributed by atoms with Gasteiger partial charge in [0, 0.05) is 18.2 Å². The van der Waals surface area contributed by atoms with Crippen molar-refractivity contribution in [2.75, 3.05) is 27.4 Å². The van der Waals surface area contributed by atoms with Crippen molar-refractivity contribution in [1.82, 2.24) is 5.32 Å². The third kappa shape index (κ3) is 5.41. The van der Waals surface area contributed by atoms with Crippen LogP contribution in [0.3, 0.4) is 0 Å². The number of nitrogens with one attached hydrogen (secondary N) is 1. The number of benzene rings is 2. The van der Waals surface area contributed by atoms with E-state index in [-0.39, 0.29) is 5.91 Å². The highest BCUT2D eigenvalue weighted by atomic mass is 16.5. The minimum atomic E-state index is -0.143. The first kappa shape index (κ1) is 18.6. The molecule has 0 aromatic heterocycles. The van der Waals surface area contributed by atoms with Crippen LogP contribution in [0.15, 0.2) is 42.5 Å². The largest absolute Gasteiger partial charge is 0.497 e. The molecule has 0 aliphatic heterocycles. The molecule has 0 aliphatic rings. The molecule has 2 aromatic rings. The van der Waals surface area contributed by atoms with E-state index in [1.807, 2.05) is 25.1 Å². The predicted octanol–water partition coefficient (Wildman–Crippen LogP) is 3.47. The Bertz CT molecular complexity index is 678. The highest BCUT2D eigenvalue weighted by Gasteiger charge is 2.10. The van der Waals surface area contributed by atoms with Crippen LogP contribution in [-0.4, -0.2) is 33.3 Å². The van der Waals surface area contributed by atoms with Crippen LogP contribution < -0.4 is 19.5 Å². The predicted molar refractivity (Wildman–Crippen MR) is 97.8 cm³/mol. The highest BCUT2D eigenvalue weighted by molar-refractivity contribution is 5.95. The molecular weight excluding hydrogens is 318 g/mol. The Labute approximate surface area is 148 Å².